The Kier molecular flexibility index (Phi) is 4.16. The van der Waals surface area contributed by atoms with Gasteiger partial charge in [-0.25, -0.2) is 0 Å². The first kappa shape index (κ1) is 12.8. The van der Waals surface area contributed by atoms with E-state index in [0.717, 1.165) is 29.9 Å². The molecule has 0 bridgehead atoms. The molecule has 3 nitrogen and oxygen atoms in total. The summed E-state index contributed by atoms with van der Waals surface area (Å²) in [6.07, 6.45) is 1.02. The third-order valence-electron chi connectivity index (χ3n) is 3.03. The van der Waals surface area contributed by atoms with Crippen LogP contribution in [-0.2, 0) is 7.05 Å². The zero-order valence-electron chi connectivity index (χ0n) is 10.9. The monoisotopic (exact) mass is 222 g/mol. The highest BCUT2D eigenvalue weighted by Crippen LogP contribution is 2.12. The number of rotatable bonds is 4. The van der Waals surface area contributed by atoms with E-state index >= 15 is 0 Å². The molecule has 0 fully saturated rings. The van der Waals surface area contributed by atoms with Crippen molar-refractivity contribution in [3.8, 4) is 0 Å². The topological polar surface area (TPSA) is 34.0 Å². The van der Waals surface area contributed by atoms with Crippen LogP contribution in [0.3, 0.4) is 0 Å². The maximum absolute atomic E-state index is 11.9. The smallest absolute Gasteiger partial charge is 0.253 e. The van der Waals surface area contributed by atoms with E-state index in [1.807, 2.05) is 31.5 Å². The largest absolute Gasteiger partial charge is 0.352 e. The van der Waals surface area contributed by atoms with Crippen molar-refractivity contribution < 1.29 is 4.79 Å². The van der Waals surface area contributed by atoms with Crippen LogP contribution in [0.25, 0.3) is 0 Å². The lowest BCUT2D eigenvalue weighted by Crippen LogP contribution is -2.25. The molecular formula is C13H22N2O. The predicted molar refractivity (Wildman–Crippen MR) is 66.7 cm³/mol. The fourth-order valence-corrected chi connectivity index (χ4v) is 1.65. The summed E-state index contributed by atoms with van der Waals surface area (Å²) in [7, 11) is 1.98. The molecular weight excluding hydrogens is 200 g/mol. The van der Waals surface area contributed by atoms with Crippen LogP contribution in [0.1, 0.15) is 42.0 Å². The lowest BCUT2D eigenvalue weighted by atomic mass is 10.1. The Balaban J connectivity index is 2.63. The van der Waals surface area contributed by atoms with Crippen LogP contribution >= 0.6 is 0 Å². The molecule has 90 valence electrons. The molecule has 3 heteroatoms. The molecule has 0 spiro atoms. The van der Waals surface area contributed by atoms with Crippen molar-refractivity contribution in [3.05, 3.63) is 23.0 Å². The van der Waals surface area contributed by atoms with Gasteiger partial charge in [-0.15, -0.1) is 0 Å². The van der Waals surface area contributed by atoms with Gasteiger partial charge in [0, 0.05) is 25.0 Å². The number of nitrogens with zero attached hydrogens (tertiary/aromatic N) is 1. The summed E-state index contributed by atoms with van der Waals surface area (Å²) < 4.78 is 2.04. The van der Waals surface area contributed by atoms with Crippen LogP contribution in [0.15, 0.2) is 6.07 Å². The number of hydrogen-bond acceptors (Lipinski definition) is 1. The van der Waals surface area contributed by atoms with E-state index in [9.17, 15) is 4.79 Å². The van der Waals surface area contributed by atoms with Crippen LogP contribution in [0.2, 0.25) is 0 Å². The summed E-state index contributed by atoms with van der Waals surface area (Å²) in [6, 6.07) is 1.94. The van der Waals surface area contributed by atoms with Crippen molar-refractivity contribution in [1.82, 2.24) is 9.88 Å². The van der Waals surface area contributed by atoms with Crippen molar-refractivity contribution in [2.24, 2.45) is 13.0 Å². The maximum atomic E-state index is 11.9. The van der Waals surface area contributed by atoms with Gasteiger partial charge in [0.05, 0.1) is 5.56 Å². The van der Waals surface area contributed by atoms with Crippen molar-refractivity contribution in [2.45, 2.75) is 34.1 Å². The number of carbonyl (C=O) groups excluding carboxylic acids is 1. The van der Waals surface area contributed by atoms with Gasteiger partial charge in [0.2, 0.25) is 0 Å². The summed E-state index contributed by atoms with van der Waals surface area (Å²) in [5.41, 5.74) is 2.94. The molecule has 1 rings (SSSR count). The van der Waals surface area contributed by atoms with Crippen LogP contribution < -0.4 is 5.32 Å². The van der Waals surface area contributed by atoms with E-state index in [1.165, 1.54) is 0 Å². The molecule has 0 radical (unpaired) electrons. The molecule has 0 aliphatic carbocycles. The van der Waals surface area contributed by atoms with Gasteiger partial charge in [-0.2, -0.15) is 0 Å². The second-order valence-corrected chi connectivity index (χ2v) is 4.78. The zero-order valence-corrected chi connectivity index (χ0v) is 10.9. The summed E-state index contributed by atoms with van der Waals surface area (Å²) in [6.45, 7) is 9.06. The van der Waals surface area contributed by atoms with Gasteiger partial charge >= 0.3 is 0 Å². The number of nitrogens with one attached hydrogen (secondary N) is 1. The zero-order chi connectivity index (χ0) is 12.3. The molecule has 0 saturated carbocycles. The average Bonchev–Trinajstić information content (AvgIpc) is 2.45. The highest BCUT2D eigenvalue weighted by atomic mass is 16.1. The molecule has 0 aliphatic heterocycles. The second kappa shape index (κ2) is 5.19. The minimum Gasteiger partial charge on any atom is -0.352 e. The molecule has 1 heterocycles. The normalized spacial score (nSPS) is 10.9. The summed E-state index contributed by atoms with van der Waals surface area (Å²) in [4.78, 5) is 11.9. The predicted octanol–water partition coefficient (Wildman–Crippen LogP) is 2.42. The lowest BCUT2D eigenvalue weighted by Gasteiger charge is -2.07. The van der Waals surface area contributed by atoms with Crippen molar-refractivity contribution in [2.75, 3.05) is 6.54 Å². The Morgan fingerprint density at radius 2 is 2.06 bits per heavy atom. The van der Waals surface area contributed by atoms with E-state index in [4.69, 9.17) is 0 Å². The van der Waals surface area contributed by atoms with Gasteiger partial charge in [0.15, 0.2) is 0 Å². The van der Waals surface area contributed by atoms with Crippen LogP contribution in [0, 0.1) is 19.8 Å². The molecule has 0 aliphatic rings. The fraction of sp³-hybridized carbons (Fsp3) is 0.615. The third kappa shape index (κ3) is 2.87. The molecule has 1 amide bonds. The molecule has 0 unspecified atom stereocenters. The van der Waals surface area contributed by atoms with Crippen molar-refractivity contribution in [3.63, 3.8) is 0 Å². The number of aryl methyl sites for hydroxylation is 1. The molecule has 16 heavy (non-hydrogen) atoms. The lowest BCUT2D eigenvalue weighted by molar-refractivity contribution is 0.0951. The second-order valence-electron chi connectivity index (χ2n) is 4.78. The number of carbonyl (C=O) groups is 1. The Bertz CT molecular complexity index is 378. The Labute approximate surface area is 97.8 Å². The van der Waals surface area contributed by atoms with E-state index in [1.54, 1.807) is 0 Å². The molecule has 1 aromatic rings. The van der Waals surface area contributed by atoms with Crippen LogP contribution in [0.4, 0.5) is 0 Å². The molecule has 0 aromatic carbocycles. The highest BCUT2D eigenvalue weighted by Gasteiger charge is 2.13. The first-order valence-corrected chi connectivity index (χ1v) is 5.84. The quantitative estimate of drug-likeness (QED) is 0.834. The van der Waals surface area contributed by atoms with Crippen molar-refractivity contribution >= 4 is 5.91 Å². The fourth-order valence-electron chi connectivity index (χ4n) is 1.65. The SMILES string of the molecule is Cc1cc(C(=O)NCCC(C)C)c(C)n1C. The van der Waals surface area contributed by atoms with Crippen molar-refractivity contribution in [1.29, 1.82) is 0 Å². The van der Waals surface area contributed by atoms with Gasteiger partial charge in [0.1, 0.15) is 0 Å². The summed E-state index contributed by atoms with van der Waals surface area (Å²) in [5.74, 6) is 0.667. The highest BCUT2D eigenvalue weighted by molar-refractivity contribution is 5.95. The van der Waals surface area contributed by atoms with Gasteiger partial charge in [-0.05, 0) is 32.3 Å². The van der Waals surface area contributed by atoms with E-state index in [-0.39, 0.29) is 5.91 Å². The van der Waals surface area contributed by atoms with Gasteiger partial charge < -0.3 is 9.88 Å². The first-order chi connectivity index (χ1) is 7.43. The Hall–Kier alpha value is -1.25. The molecule has 1 N–H and O–H groups in total. The van der Waals surface area contributed by atoms with Crippen LogP contribution in [-0.4, -0.2) is 17.0 Å². The molecule has 1 aromatic heterocycles. The minimum atomic E-state index is 0.0434. The number of aromatic nitrogens is 1. The van der Waals surface area contributed by atoms with E-state index < -0.39 is 0 Å². The number of hydrogen-bond donors (Lipinski definition) is 1. The van der Waals surface area contributed by atoms with Gasteiger partial charge in [-0.3, -0.25) is 4.79 Å². The van der Waals surface area contributed by atoms with Gasteiger partial charge in [0.25, 0.3) is 5.91 Å². The van der Waals surface area contributed by atoms with Crippen LogP contribution in [0.5, 0.6) is 0 Å². The summed E-state index contributed by atoms with van der Waals surface area (Å²) >= 11 is 0. The first-order valence-electron chi connectivity index (χ1n) is 5.84. The maximum Gasteiger partial charge on any atom is 0.253 e. The standard InChI is InChI=1S/C13H22N2O/c1-9(2)6-7-14-13(16)12-8-10(3)15(5)11(12)4/h8-9H,6-7H2,1-5H3,(H,14,16). The minimum absolute atomic E-state index is 0.0434. The Morgan fingerprint density at radius 1 is 1.44 bits per heavy atom. The average molecular weight is 222 g/mol. The molecule has 0 atom stereocenters. The summed E-state index contributed by atoms with van der Waals surface area (Å²) in [5, 5.41) is 2.96. The Morgan fingerprint density at radius 3 is 2.50 bits per heavy atom. The van der Waals surface area contributed by atoms with Gasteiger partial charge in [-0.1, -0.05) is 13.8 Å². The number of amides is 1. The van der Waals surface area contributed by atoms with E-state index in [2.05, 4.69) is 19.2 Å². The molecule has 0 saturated heterocycles. The van der Waals surface area contributed by atoms with E-state index in [0.29, 0.717) is 5.92 Å². The third-order valence-corrected chi connectivity index (χ3v) is 3.03.